The summed E-state index contributed by atoms with van der Waals surface area (Å²) in [5, 5.41) is 60.1. The molecule has 3 rings (SSSR count). The van der Waals surface area contributed by atoms with Crippen LogP contribution >= 0.6 is 0 Å². The van der Waals surface area contributed by atoms with Crippen LogP contribution in [0.5, 0.6) is 0 Å². The highest BCUT2D eigenvalue weighted by molar-refractivity contribution is 5.14. The molecule has 2 heterocycles. The van der Waals surface area contributed by atoms with E-state index >= 15 is 0 Å². The van der Waals surface area contributed by atoms with E-state index < -0.39 is 61.9 Å². The highest BCUT2D eigenvalue weighted by atomic mass is 16.8. The molecule has 0 spiro atoms. The van der Waals surface area contributed by atoms with Crippen molar-refractivity contribution in [1.29, 1.82) is 0 Å². The third-order valence-corrected chi connectivity index (χ3v) is 5.25. The first-order valence-electron chi connectivity index (χ1n) is 9.62. The second-order valence-electron chi connectivity index (χ2n) is 7.40. The quantitative estimate of drug-likeness (QED) is 0.266. The Balaban J connectivity index is 1.70. The fourth-order valence-corrected chi connectivity index (χ4v) is 3.48. The standard InChI is InChI=1S/C20H28O10/c1-11(27-9-12-5-3-2-4-6-12)18-16(25)15(24)17(26)19(28-18)30-20(10-22)14(23)7-13(8-21)29-20/h2-6,13-19,21-26H,1,7-10H2/t13-,14+,15?,16?,17?,18?,19?,20-/m0/s1. The normalized spacial score (nSPS) is 39.1. The molecule has 0 amide bonds. The van der Waals surface area contributed by atoms with Gasteiger partial charge in [-0.15, -0.1) is 0 Å². The highest BCUT2D eigenvalue weighted by Gasteiger charge is 2.54. The van der Waals surface area contributed by atoms with E-state index in [4.69, 9.17) is 18.9 Å². The molecule has 168 valence electrons. The Hall–Kier alpha value is -1.60. The van der Waals surface area contributed by atoms with Crippen LogP contribution in [0.1, 0.15) is 12.0 Å². The van der Waals surface area contributed by atoms with Gasteiger partial charge in [0.1, 0.15) is 49.5 Å². The van der Waals surface area contributed by atoms with Gasteiger partial charge in [-0.1, -0.05) is 36.9 Å². The lowest BCUT2D eigenvalue weighted by atomic mass is 9.97. The predicted octanol–water partition coefficient (Wildman–Crippen LogP) is -1.63. The number of rotatable bonds is 8. The van der Waals surface area contributed by atoms with E-state index in [1.54, 1.807) is 0 Å². The van der Waals surface area contributed by atoms with Crippen LogP contribution in [0, 0.1) is 0 Å². The largest absolute Gasteiger partial charge is 0.491 e. The Labute approximate surface area is 173 Å². The van der Waals surface area contributed by atoms with Gasteiger partial charge in [-0.05, 0) is 5.56 Å². The summed E-state index contributed by atoms with van der Waals surface area (Å²) in [6.45, 7) is 2.65. The molecule has 2 saturated heterocycles. The molecule has 5 unspecified atom stereocenters. The van der Waals surface area contributed by atoms with Crippen LogP contribution in [0.3, 0.4) is 0 Å². The number of benzene rings is 1. The van der Waals surface area contributed by atoms with Gasteiger partial charge in [-0.3, -0.25) is 0 Å². The lowest BCUT2D eigenvalue weighted by Gasteiger charge is -2.43. The van der Waals surface area contributed by atoms with E-state index in [1.807, 2.05) is 30.3 Å². The fourth-order valence-electron chi connectivity index (χ4n) is 3.48. The summed E-state index contributed by atoms with van der Waals surface area (Å²) in [5.41, 5.74) is 0.842. The molecule has 1 aromatic rings. The van der Waals surface area contributed by atoms with E-state index in [-0.39, 0.29) is 18.8 Å². The zero-order valence-electron chi connectivity index (χ0n) is 16.3. The molecule has 1 aromatic carbocycles. The Kier molecular flexibility index (Phi) is 7.45. The topological polar surface area (TPSA) is 158 Å². The molecule has 0 bridgehead atoms. The van der Waals surface area contributed by atoms with Crippen molar-refractivity contribution in [1.82, 2.24) is 0 Å². The summed E-state index contributed by atoms with van der Waals surface area (Å²) in [7, 11) is 0. The van der Waals surface area contributed by atoms with Crippen molar-refractivity contribution >= 4 is 0 Å². The summed E-state index contributed by atoms with van der Waals surface area (Å²) < 4.78 is 22.1. The molecule has 0 radical (unpaired) electrons. The van der Waals surface area contributed by atoms with Crippen molar-refractivity contribution in [2.75, 3.05) is 13.2 Å². The Morgan fingerprint density at radius 3 is 2.37 bits per heavy atom. The van der Waals surface area contributed by atoms with Gasteiger partial charge in [0.15, 0.2) is 6.29 Å². The molecule has 6 N–H and O–H groups in total. The molecule has 8 atom stereocenters. The number of ether oxygens (including phenoxy) is 4. The summed E-state index contributed by atoms with van der Waals surface area (Å²) in [4.78, 5) is 0. The maximum Gasteiger partial charge on any atom is 0.221 e. The monoisotopic (exact) mass is 428 g/mol. The van der Waals surface area contributed by atoms with E-state index in [0.717, 1.165) is 5.56 Å². The first-order chi connectivity index (χ1) is 14.3. The summed E-state index contributed by atoms with van der Waals surface area (Å²) in [6.07, 6.45) is -9.95. The van der Waals surface area contributed by atoms with Crippen molar-refractivity contribution in [3.8, 4) is 0 Å². The SMILES string of the molecule is C=C(OCc1ccccc1)C1OC(O[C@]2(CO)O[C@H](CO)C[C@H]2O)C(O)C(O)C1O. The summed E-state index contributed by atoms with van der Waals surface area (Å²) in [5.74, 6) is -1.98. The maximum absolute atomic E-state index is 10.3. The lowest BCUT2D eigenvalue weighted by molar-refractivity contribution is -0.380. The minimum absolute atomic E-state index is 0.00919. The minimum atomic E-state index is -1.97. The van der Waals surface area contributed by atoms with Crippen LogP contribution in [0.15, 0.2) is 42.7 Å². The number of aliphatic hydroxyl groups excluding tert-OH is 6. The first-order valence-corrected chi connectivity index (χ1v) is 9.62. The highest BCUT2D eigenvalue weighted by Crippen LogP contribution is 2.36. The Bertz CT molecular complexity index is 700. The van der Waals surface area contributed by atoms with Crippen molar-refractivity contribution in [3.05, 3.63) is 48.2 Å². The van der Waals surface area contributed by atoms with Crippen LogP contribution in [-0.4, -0.2) is 92.6 Å². The molecule has 10 heteroatoms. The first kappa shape index (κ1) is 23.1. The van der Waals surface area contributed by atoms with E-state index in [9.17, 15) is 30.6 Å². The number of hydrogen-bond donors (Lipinski definition) is 6. The Morgan fingerprint density at radius 2 is 1.77 bits per heavy atom. The average molecular weight is 428 g/mol. The Morgan fingerprint density at radius 1 is 1.07 bits per heavy atom. The van der Waals surface area contributed by atoms with Crippen LogP contribution < -0.4 is 0 Å². The van der Waals surface area contributed by atoms with Crippen LogP contribution in [0.25, 0.3) is 0 Å². The van der Waals surface area contributed by atoms with Gasteiger partial charge in [0, 0.05) is 6.42 Å². The molecule has 0 aromatic heterocycles. The van der Waals surface area contributed by atoms with Gasteiger partial charge >= 0.3 is 0 Å². The molecule has 0 aliphatic carbocycles. The molecular formula is C20H28O10. The fraction of sp³-hybridized carbons (Fsp3) is 0.600. The van der Waals surface area contributed by atoms with Gasteiger partial charge in [0.2, 0.25) is 5.79 Å². The minimum Gasteiger partial charge on any atom is -0.491 e. The molecule has 30 heavy (non-hydrogen) atoms. The number of aliphatic hydroxyl groups is 6. The summed E-state index contributed by atoms with van der Waals surface area (Å²) >= 11 is 0. The van der Waals surface area contributed by atoms with Crippen LogP contribution in [0.2, 0.25) is 0 Å². The predicted molar refractivity (Wildman–Crippen MR) is 101 cm³/mol. The second kappa shape index (κ2) is 9.69. The van der Waals surface area contributed by atoms with Gasteiger partial charge in [0.05, 0.1) is 12.7 Å². The van der Waals surface area contributed by atoms with Crippen LogP contribution in [-0.2, 0) is 25.6 Å². The summed E-state index contributed by atoms with van der Waals surface area (Å²) in [6, 6.07) is 9.18. The number of hydrogen-bond acceptors (Lipinski definition) is 10. The van der Waals surface area contributed by atoms with E-state index in [2.05, 4.69) is 6.58 Å². The third-order valence-electron chi connectivity index (χ3n) is 5.25. The van der Waals surface area contributed by atoms with Gasteiger partial charge in [0.25, 0.3) is 0 Å². The average Bonchev–Trinajstić information content (AvgIpc) is 3.08. The molecule has 2 fully saturated rings. The zero-order valence-corrected chi connectivity index (χ0v) is 16.3. The van der Waals surface area contributed by atoms with Gasteiger partial charge < -0.3 is 49.6 Å². The lowest BCUT2D eigenvalue weighted by Crippen LogP contribution is -2.62. The van der Waals surface area contributed by atoms with Crippen molar-refractivity contribution in [3.63, 3.8) is 0 Å². The molecule has 0 saturated carbocycles. The van der Waals surface area contributed by atoms with Crippen molar-refractivity contribution < 1.29 is 49.6 Å². The van der Waals surface area contributed by atoms with Crippen LogP contribution in [0.4, 0.5) is 0 Å². The smallest absolute Gasteiger partial charge is 0.221 e. The molecule has 10 nitrogen and oxygen atoms in total. The maximum atomic E-state index is 10.3. The molecule has 2 aliphatic heterocycles. The molecular weight excluding hydrogens is 400 g/mol. The van der Waals surface area contributed by atoms with E-state index in [0.29, 0.717) is 0 Å². The van der Waals surface area contributed by atoms with E-state index in [1.165, 1.54) is 0 Å². The second-order valence-corrected chi connectivity index (χ2v) is 7.40. The molecule has 2 aliphatic rings. The van der Waals surface area contributed by atoms with Gasteiger partial charge in [-0.2, -0.15) is 0 Å². The van der Waals surface area contributed by atoms with Crippen molar-refractivity contribution in [2.45, 2.75) is 61.7 Å². The zero-order chi connectivity index (χ0) is 21.9. The van der Waals surface area contributed by atoms with Gasteiger partial charge in [-0.25, -0.2) is 0 Å². The van der Waals surface area contributed by atoms with Crippen molar-refractivity contribution in [2.24, 2.45) is 0 Å². The third kappa shape index (κ3) is 4.67.